The SMILES string of the molecule is COc1cc2c(NC3COC3)c3ccccc3nc2cc1OCCCN1CCCC1. The molecule has 3 aromatic rings. The highest BCUT2D eigenvalue weighted by atomic mass is 16.5. The lowest BCUT2D eigenvalue weighted by Gasteiger charge is -2.29. The molecule has 0 saturated carbocycles. The predicted molar refractivity (Wildman–Crippen MR) is 120 cm³/mol. The average Bonchev–Trinajstić information content (AvgIpc) is 3.26. The number of methoxy groups -OCH3 is 1. The molecule has 158 valence electrons. The van der Waals surface area contributed by atoms with Gasteiger partial charge in [-0.15, -0.1) is 0 Å². The number of ether oxygens (including phenoxy) is 3. The number of hydrogen-bond acceptors (Lipinski definition) is 6. The molecule has 30 heavy (non-hydrogen) atoms. The summed E-state index contributed by atoms with van der Waals surface area (Å²) in [5.41, 5.74) is 2.97. The first-order valence-corrected chi connectivity index (χ1v) is 10.9. The Bertz CT molecular complexity index is 1030. The Balaban J connectivity index is 1.44. The zero-order valence-electron chi connectivity index (χ0n) is 17.5. The van der Waals surface area contributed by atoms with Crippen molar-refractivity contribution in [1.29, 1.82) is 0 Å². The van der Waals surface area contributed by atoms with Crippen molar-refractivity contribution in [2.45, 2.75) is 25.3 Å². The highest BCUT2D eigenvalue weighted by molar-refractivity contribution is 6.08. The Hall–Kier alpha value is -2.57. The Morgan fingerprint density at radius 2 is 1.90 bits per heavy atom. The van der Waals surface area contributed by atoms with Gasteiger partial charge in [-0.2, -0.15) is 0 Å². The van der Waals surface area contributed by atoms with Crippen molar-refractivity contribution in [3.05, 3.63) is 36.4 Å². The van der Waals surface area contributed by atoms with Gasteiger partial charge in [0.05, 0.1) is 49.7 Å². The van der Waals surface area contributed by atoms with Crippen molar-refractivity contribution in [1.82, 2.24) is 9.88 Å². The van der Waals surface area contributed by atoms with Crippen LogP contribution in [0.5, 0.6) is 11.5 Å². The van der Waals surface area contributed by atoms with Crippen LogP contribution in [0, 0.1) is 0 Å². The Labute approximate surface area is 177 Å². The van der Waals surface area contributed by atoms with E-state index in [2.05, 4.69) is 22.3 Å². The van der Waals surface area contributed by atoms with Gasteiger partial charge < -0.3 is 24.4 Å². The molecule has 1 N–H and O–H groups in total. The fraction of sp³-hybridized carbons (Fsp3) is 0.458. The molecule has 0 atom stereocenters. The van der Waals surface area contributed by atoms with Gasteiger partial charge in [-0.05, 0) is 44.5 Å². The van der Waals surface area contributed by atoms with E-state index in [0.717, 1.165) is 65.2 Å². The van der Waals surface area contributed by atoms with Crippen LogP contribution in [0.25, 0.3) is 21.8 Å². The molecule has 1 aromatic heterocycles. The second kappa shape index (κ2) is 8.66. The average molecular weight is 408 g/mol. The van der Waals surface area contributed by atoms with E-state index in [4.69, 9.17) is 19.2 Å². The summed E-state index contributed by atoms with van der Waals surface area (Å²) in [5, 5.41) is 5.80. The van der Waals surface area contributed by atoms with E-state index in [0.29, 0.717) is 12.6 Å². The lowest BCUT2D eigenvalue weighted by atomic mass is 10.1. The van der Waals surface area contributed by atoms with Crippen LogP contribution >= 0.6 is 0 Å². The van der Waals surface area contributed by atoms with E-state index in [-0.39, 0.29) is 0 Å². The molecule has 6 nitrogen and oxygen atoms in total. The van der Waals surface area contributed by atoms with Gasteiger partial charge in [-0.1, -0.05) is 18.2 Å². The normalized spacial score (nSPS) is 17.4. The summed E-state index contributed by atoms with van der Waals surface area (Å²) in [6.07, 6.45) is 3.66. The summed E-state index contributed by atoms with van der Waals surface area (Å²) in [6.45, 7) is 5.67. The fourth-order valence-corrected chi connectivity index (χ4v) is 4.33. The monoisotopic (exact) mass is 407 g/mol. The van der Waals surface area contributed by atoms with E-state index >= 15 is 0 Å². The zero-order valence-corrected chi connectivity index (χ0v) is 17.5. The number of pyridine rings is 1. The topological polar surface area (TPSA) is 55.9 Å². The maximum absolute atomic E-state index is 6.13. The van der Waals surface area contributed by atoms with Crippen molar-refractivity contribution in [2.24, 2.45) is 0 Å². The van der Waals surface area contributed by atoms with Crippen LogP contribution in [-0.4, -0.2) is 62.5 Å². The third kappa shape index (κ3) is 3.89. The van der Waals surface area contributed by atoms with Gasteiger partial charge in [-0.25, -0.2) is 4.98 Å². The molecule has 0 bridgehead atoms. The standard InChI is InChI=1S/C24H29N3O3/c1-28-22-13-19-21(14-23(22)30-12-6-11-27-9-4-5-10-27)26-20-8-3-2-7-18(20)24(19)25-17-15-29-16-17/h2-3,7-8,13-14,17H,4-6,9-12,15-16H2,1H3,(H,25,26). The summed E-state index contributed by atoms with van der Waals surface area (Å²) >= 11 is 0. The molecule has 3 heterocycles. The van der Waals surface area contributed by atoms with Crippen molar-refractivity contribution in [2.75, 3.05) is 51.9 Å². The van der Waals surface area contributed by atoms with Gasteiger partial charge in [-0.3, -0.25) is 0 Å². The van der Waals surface area contributed by atoms with E-state index < -0.39 is 0 Å². The Morgan fingerprint density at radius 1 is 1.07 bits per heavy atom. The van der Waals surface area contributed by atoms with Crippen LogP contribution in [0.1, 0.15) is 19.3 Å². The number of rotatable bonds is 8. The minimum Gasteiger partial charge on any atom is -0.493 e. The first-order valence-electron chi connectivity index (χ1n) is 10.9. The molecule has 2 aromatic carbocycles. The molecule has 2 saturated heterocycles. The van der Waals surface area contributed by atoms with E-state index in [1.165, 1.54) is 25.9 Å². The minimum atomic E-state index is 0.325. The summed E-state index contributed by atoms with van der Waals surface area (Å²) < 4.78 is 17.2. The second-order valence-electron chi connectivity index (χ2n) is 8.15. The zero-order chi connectivity index (χ0) is 20.3. The molecule has 2 fully saturated rings. The van der Waals surface area contributed by atoms with Gasteiger partial charge >= 0.3 is 0 Å². The lowest BCUT2D eigenvalue weighted by molar-refractivity contribution is 0.0212. The maximum atomic E-state index is 6.13. The largest absolute Gasteiger partial charge is 0.493 e. The van der Waals surface area contributed by atoms with Crippen LogP contribution in [-0.2, 0) is 4.74 Å². The van der Waals surface area contributed by atoms with Crippen molar-refractivity contribution >= 4 is 27.5 Å². The first-order chi connectivity index (χ1) is 14.8. The van der Waals surface area contributed by atoms with Gasteiger partial charge in [0.25, 0.3) is 0 Å². The molecular formula is C24H29N3O3. The highest BCUT2D eigenvalue weighted by Crippen LogP contribution is 2.38. The summed E-state index contributed by atoms with van der Waals surface area (Å²) in [7, 11) is 1.69. The van der Waals surface area contributed by atoms with Gasteiger partial charge in [0.2, 0.25) is 0 Å². The molecule has 6 heteroatoms. The number of benzene rings is 2. The minimum absolute atomic E-state index is 0.325. The van der Waals surface area contributed by atoms with Gasteiger partial charge in [0.15, 0.2) is 11.5 Å². The maximum Gasteiger partial charge on any atom is 0.163 e. The van der Waals surface area contributed by atoms with Gasteiger partial charge in [0, 0.05) is 23.4 Å². The Morgan fingerprint density at radius 3 is 2.67 bits per heavy atom. The number of likely N-dealkylation sites (tertiary alicyclic amines) is 1. The van der Waals surface area contributed by atoms with E-state index in [9.17, 15) is 0 Å². The fourth-order valence-electron chi connectivity index (χ4n) is 4.33. The van der Waals surface area contributed by atoms with Crippen molar-refractivity contribution in [3.8, 4) is 11.5 Å². The van der Waals surface area contributed by atoms with Gasteiger partial charge in [0.1, 0.15) is 0 Å². The third-order valence-corrected chi connectivity index (χ3v) is 6.03. The highest BCUT2D eigenvalue weighted by Gasteiger charge is 2.21. The van der Waals surface area contributed by atoms with Crippen LogP contribution in [0.3, 0.4) is 0 Å². The van der Waals surface area contributed by atoms with Crippen LogP contribution < -0.4 is 14.8 Å². The molecule has 0 unspecified atom stereocenters. The number of anilines is 1. The predicted octanol–water partition coefficient (Wildman–Crippen LogP) is 4.07. The molecule has 2 aliphatic rings. The molecule has 2 aliphatic heterocycles. The van der Waals surface area contributed by atoms with E-state index in [1.54, 1.807) is 7.11 Å². The number of hydrogen-bond donors (Lipinski definition) is 1. The number of para-hydroxylation sites is 1. The molecule has 0 radical (unpaired) electrons. The molecule has 5 rings (SSSR count). The quantitative estimate of drug-likeness (QED) is 0.449. The summed E-state index contributed by atoms with van der Waals surface area (Å²) in [5.74, 6) is 1.50. The third-order valence-electron chi connectivity index (χ3n) is 6.03. The number of nitrogens with one attached hydrogen (secondary N) is 1. The molecule has 0 spiro atoms. The molecular weight excluding hydrogens is 378 g/mol. The second-order valence-corrected chi connectivity index (χ2v) is 8.15. The summed E-state index contributed by atoms with van der Waals surface area (Å²) in [6, 6.07) is 12.6. The number of aromatic nitrogens is 1. The van der Waals surface area contributed by atoms with Crippen molar-refractivity contribution < 1.29 is 14.2 Å². The summed E-state index contributed by atoms with van der Waals surface area (Å²) in [4.78, 5) is 7.41. The number of fused-ring (bicyclic) bond motifs is 2. The lowest BCUT2D eigenvalue weighted by Crippen LogP contribution is -2.40. The van der Waals surface area contributed by atoms with Crippen LogP contribution in [0.15, 0.2) is 36.4 Å². The smallest absolute Gasteiger partial charge is 0.163 e. The molecule has 0 amide bonds. The number of nitrogens with zero attached hydrogens (tertiary/aromatic N) is 2. The first kappa shape index (κ1) is 19.4. The Kier molecular flexibility index (Phi) is 5.60. The van der Waals surface area contributed by atoms with Crippen LogP contribution in [0.2, 0.25) is 0 Å². The van der Waals surface area contributed by atoms with Crippen molar-refractivity contribution in [3.63, 3.8) is 0 Å². The van der Waals surface area contributed by atoms with Crippen LogP contribution in [0.4, 0.5) is 5.69 Å². The molecule has 0 aliphatic carbocycles. The van der Waals surface area contributed by atoms with E-state index in [1.807, 2.05) is 24.3 Å².